The smallest absolute Gasteiger partial charge is 0.237 e. The summed E-state index contributed by atoms with van der Waals surface area (Å²) in [6.07, 6.45) is 3.33. The number of hydrogen-bond donors (Lipinski definition) is 2. The Hall–Kier alpha value is -0.710. The van der Waals surface area contributed by atoms with Gasteiger partial charge in [-0.25, -0.2) is 0 Å². The number of thioether (sulfide) groups is 1. The number of amides is 1. The second kappa shape index (κ2) is 7.34. The van der Waals surface area contributed by atoms with Crippen LogP contribution in [0.5, 0.6) is 0 Å². The van der Waals surface area contributed by atoms with Gasteiger partial charge in [0.2, 0.25) is 5.91 Å². The van der Waals surface area contributed by atoms with Crippen LogP contribution in [0.3, 0.4) is 0 Å². The van der Waals surface area contributed by atoms with E-state index in [2.05, 4.69) is 28.8 Å². The minimum atomic E-state index is -0.0214. The van der Waals surface area contributed by atoms with Crippen LogP contribution in [0.15, 0.2) is 24.3 Å². The van der Waals surface area contributed by atoms with Crippen molar-refractivity contribution in [3.05, 3.63) is 35.4 Å². The van der Waals surface area contributed by atoms with Crippen LogP contribution in [0.25, 0.3) is 0 Å². The number of piperidine rings is 1. The minimum absolute atomic E-state index is 0. The molecule has 3 nitrogen and oxygen atoms in total. The first-order valence-corrected chi connectivity index (χ1v) is 8.10. The molecule has 1 aromatic rings. The molecule has 2 aliphatic heterocycles. The molecule has 1 aromatic carbocycles. The quantitative estimate of drug-likeness (QED) is 0.880. The summed E-state index contributed by atoms with van der Waals surface area (Å²) in [7, 11) is 0. The van der Waals surface area contributed by atoms with Gasteiger partial charge in [-0.2, -0.15) is 0 Å². The minimum Gasteiger partial charge on any atom is -0.351 e. The van der Waals surface area contributed by atoms with E-state index in [1.165, 1.54) is 11.1 Å². The Kier molecular flexibility index (Phi) is 5.75. The maximum Gasteiger partial charge on any atom is 0.237 e. The Morgan fingerprint density at radius 3 is 3.00 bits per heavy atom. The summed E-state index contributed by atoms with van der Waals surface area (Å²) in [6.45, 7) is 1.98. The molecule has 2 atom stereocenters. The number of carbonyl (C=O) groups excluding carboxylic acids is 1. The zero-order valence-electron chi connectivity index (χ0n) is 11.4. The second-order valence-corrected chi connectivity index (χ2v) is 6.46. The Labute approximate surface area is 130 Å². The summed E-state index contributed by atoms with van der Waals surface area (Å²) in [6, 6.07) is 8.65. The van der Waals surface area contributed by atoms with Gasteiger partial charge in [-0.15, -0.1) is 24.2 Å². The first kappa shape index (κ1) is 15.7. The molecular weight excluding hydrogens is 292 g/mol. The lowest BCUT2D eigenvalue weighted by Gasteiger charge is -2.28. The standard InChI is InChI=1S/C15H20N2OS.ClH/c18-15(17-12-5-3-8-16-10-12)14-13-6-2-1-4-11(13)7-9-19-14;/h1-2,4,6,12,14,16H,3,5,7-10H2,(H,17,18);1H. The average molecular weight is 313 g/mol. The van der Waals surface area contributed by atoms with E-state index in [9.17, 15) is 4.79 Å². The van der Waals surface area contributed by atoms with Crippen LogP contribution in [-0.2, 0) is 11.2 Å². The summed E-state index contributed by atoms with van der Waals surface area (Å²) in [5.41, 5.74) is 2.54. The van der Waals surface area contributed by atoms with Gasteiger partial charge >= 0.3 is 0 Å². The first-order valence-electron chi connectivity index (χ1n) is 7.05. The first-order chi connectivity index (χ1) is 9.34. The zero-order valence-corrected chi connectivity index (χ0v) is 13.1. The molecule has 0 bridgehead atoms. The lowest BCUT2D eigenvalue weighted by atomic mass is 10.0. The average Bonchev–Trinajstić information content (AvgIpc) is 2.47. The number of benzene rings is 1. The van der Waals surface area contributed by atoms with Crippen LogP contribution in [-0.4, -0.2) is 30.8 Å². The van der Waals surface area contributed by atoms with Crippen molar-refractivity contribution in [2.45, 2.75) is 30.6 Å². The Morgan fingerprint density at radius 1 is 1.35 bits per heavy atom. The van der Waals surface area contributed by atoms with Gasteiger partial charge < -0.3 is 10.6 Å². The number of carbonyl (C=O) groups is 1. The molecule has 2 unspecified atom stereocenters. The predicted octanol–water partition coefficient (Wildman–Crippen LogP) is 2.31. The number of halogens is 1. The molecule has 2 N–H and O–H groups in total. The van der Waals surface area contributed by atoms with Crippen molar-refractivity contribution in [2.75, 3.05) is 18.8 Å². The summed E-state index contributed by atoms with van der Waals surface area (Å²) in [5, 5.41) is 6.53. The molecule has 0 aromatic heterocycles. The fraction of sp³-hybridized carbons (Fsp3) is 0.533. The van der Waals surface area contributed by atoms with Gasteiger partial charge in [-0.1, -0.05) is 24.3 Å². The summed E-state index contributed by atoms with van der Waals surface area (Å²) < 4.78 is 0. The second-order valence-electron chi connectivity index (χ2n) is 5.25. The van der Waals surface area contributed by atoms with Gasteiger partial charge in [0.15, 0.2) is 0 Å². The highest BCUT2D eigenvalue weighted by Crippen LogP contribution is 2.36. The highest BCUT2D eigenvalue weighted by atomic mass is 35.5. The zero-order chi connectivity index (χ0) is 13.1. The van der Waals surface area contributed by atoms with Crippen molar-refractivity contribution < 1.29 is 4.79 Å². The molecule has 0 radical (unpaired) electrons. The number of rotatable bonds is 2. The SMILES string of the molecule is Cl.O=C(NC1CCCNC1)C1SCCc2ccccc21. The van der Waals surface area contributed by atoms with E-state index in [4.69, 9.17) is 0 Å². The fourth-order valence-electron chi connectivity index (χ4n) is 2.86. The van der Waals surface area contributed by atoms with Crippen LogP contribution >= 0.6 is 24.2 Å². The monoisotopic (exact) mass is 312 g/mol. The molecule has 0 aliphatic carbocycles. The fourth-order valence-corrected chi connectivity index (χ4v) is 4.07. The van der Waals surface area contributed by atoms with Gasteiger partial charge in [-0.05, 0) is 42.7 Å². The van der Waals surface area contributed by atoms with E-state index < -0.39 is 0 Å². The molecule has 1 saturated heterocycles. The molecule has 2 heterocycles. The third-order valence-electron chi connectivity index (χ3n) is 3.87. The maximum absolute atomic E-state index is 12.5. The van der Waals surface area contributed by atoms with E-state index in [-0.39, 0.29) is 23.6 Å². The summed E-state index contributed by atoms with van der Waals surface area (Å²) in [4.78, 5) is 12.5. The van der Waals surface area contributed by atoms with Gasteiger partial charge in [0.25, 0.3) is 0 Å². The topological polar surface area (TPSA) is 41.1 Å². The van der Waals surface area contributed by atoms with Crippen LogP contribution < -0.4 is 10.6 Å². The third kappa shape index (κ3) is 3.48. The van der Waals surface area contributed by atoms with Crippen LogP contribution in [0.2, 0.25) is 0 Å². The molecule has 3 rings (SSSR count). The molecule has 0 saturated carbocycles. The Bertz CT molecular complexity index is 463. The Balaban J connectivity index is 0.00000147. The van der Waals surface area contributed by atoms with Gasteiger partial charge in [0, 0.05) is 12.6 Å². The third-order valence-corrected chi connectivity index (χ3v) is 5.12. The Morgan fingerprint density at radius 2 is 2.20 bits per heavy atom. The number of aryl methyl sites for hydroxylation is 1. The molecule has 0 spiro atoms. The van der Waals surface area contributed by atoms with Crippen LogP contribution in [0.4, 0.5) is 0 Å². The summed E-state index contributed by atoms with van der Waals surface area (Å²) in [5.74, 6) is 1.23. The van der Waals surface area contributed by atoms with E-state index >= 15 is 0 Å². The van der Waals surface area contributed by atoms with E-state index in [0.717, 1.165) is 38.1 Å². The normalized spacial score (nSPS) is 25.2. The van der Waals surface area contributed by atoms with E-state index in [0.29, 0.717) is 6.04 Å². The largest absolute Gasteiger partial charge is 0.351 e. The van der Waals surface area contributed by atoms with Crippen molar-refractivity contribution in [1.29, 1.82) is 0 Å². The van der Waals surface area contributed by atoms with E-state index in [1.807, 2.05) is 6.07 Å². The lowest BCUT2D eigenvalue weighted by Crippen LogP contribution is -2.47. The predicted molar refractivity (Wildman–Crippen MR) is 86.6 cm³/mol. The van der Waals surface area contributed by atoms with Crippen molar-refractivity contribution in [1.82, 2.24) is 10.6 Å². The van der Waals surface area contributed by atoms with Crippen molar-refractivity contribution in [3.8, 4) is 0 Å². The maximum atomic E-state index is 12.5. The number of fused-ring (bicyclic) bond motifs is 1. The summed E-state index contributed by atoms with van der Waals surface area (Å²) >= 11 is 1.77. The lowest BCUT2D eigenvalue weighted by molar-refractivity contribution is -0.121. The van der Waals surface area contributed by atoms with Gasteiger partial charge in [-0.3, -0.25) is 4.79 Å². The molecular formula is C15H21ClN2OS. The molecule has 1 amide bonds. The molecule has 5 heteroatoms. The van der Waals surface area contributed by atoms with Gasteiger partial charge in [0.1, 0.15) is 5.25 Å². The number of nitrogens with one attached hydrogen (secondary N) is 2. The number of hydrogen-bond acceptors (Lipinski definition) is 3. The van der Waals surface area contributed by atoms with Gasteiger partial charge in [0.05, 0.1) is 0 Å². The van der Waals surface area contributed by atoms with Crippen LogP contribution in [0, 0.1) is 0 Å². The van der Waals surface area contributed by atoms with Crippen LogP contribution in [0.1, 0.15) is 29.2 Å². The molecule has 2 aliphatic rings. The highest BCUT2D eigenvalue weighted by molar-refractivity contribution is 8.00. The van der Waals surface area contributed by atoms with E-state index in [1.54, 1.807) is 11.8 Å². The highest BCUT2D eigenvalue weighted by Gasteiger charge is 2.28. The van der Waals surface area contributed by atoms with Crippen molar-refractivity contribution >= 4 is 30.1 Å². The molecule has 20 heavy (non-hydrogen) atoms. The van der Waals surface area contributed by atoms with Crippen molar-refractivity contribution in [3.63, 3.8) is 0 Å². The molecule has 110 valence electrons. The molecule has 1 fully saturated rings. The van der Waals surface area contributed by atoms with Crippen molar-refractivity contribution in [2.24, 2.45) is 0 Å².